The first-order valence-corrected chi connectivity index (χ1v) is 4.99. The summed E-state index contributed by atoms with van der Waals surface area (Å²) in [5.41, 5.74) is 1.39. The van der Waals surface area contributed by atoms with E-state index in [1.54, 1.807) is 6.07 Å². The molecule has 3 heteroatoms. The zero-order chi connectivity index (χ0) is 10.7. The van der Waals surface area contributed by atoms with Crippen LogP contribution in [-0.2, 0) is 0 Å². The topological polar surface area (TPSA) is 43.1 Å². The second kappa shape index (κ2) is 4.26. The fraction of sp³-hybridized carbons (Fsp3) is 0.250. The number of benzene rings is 1. The Morgan fingerprint density at radius 2 is 2.20 bits per heavy atom. The van der Waals surface area contributed by atoms with Gasteiger partial charge in [0.2, 0.25) is 5.78 Å². The van der Waals surface area contributed by atoms with Crippen LogP contribution in [0.25, 0.3) is 11.1 Å². The molecule has 1 radical (unpaired) electrons. The number of carbonyl (C=O) groups excluding carboxylic acids is 1. The Hall–Kier alpha value is -1.64. The summed E-state index contributed by atoms with van der Waals surface area (Å²) in [5.74, 6) is 0.166. The van der Waals surface area contributed by atoms with Crippen LogP contribution in [0.2, 0.25) is 0 Å². The number of Topliss-reactive ketones (excluding diaryl/α,β-unsaturated/α-hetero) is 1. The third-order valence-corrected chi connectivity index (χ3v) is 2.19. The zero-order valence-corrected chi connectivity index (χ0v) is 8.40. The van der Waals surface area contributed by atoms with Gasteiger partial charge in [-0.05, 0) is 18.6 Å². The van der Waals surface area contributed by atoms with E-state index >= 15 is 0 Å². The lowest BCUT2D eigenvalue weighted by molar-refractivity contribution is 0.0949. The lowest BCUT2D eigenvalue weighted by atomic mass is 10.2. The molecule has 15 heavy (non-hydrogen) atoms. The van der Waals surface area contributed by atoms with Gasteiger partial charge >= 0.3 is 0 Å². The quantitative estimate of drug-likeness (QED) is 0.716. The number of aromatic nitrogens is 1. The fourth-order valence-corrected chi connectivity index (χ4v) is 1.38. The molecular weight excluding hydrogens is 190 g/mol. The van der Waals surface area contributed by atoms with Crippen LogP contribution < -0.4 is 0 Å². The standard InChI is InChI=1S/C12H12NO2/c1-2-3-7-10(14)12-13-9-6-4-5-8-11(9)15-12/h4-6,8H,1-3,7H2. The lowest BCUT2D eigenvalue weighted by Gasteiger charge is -1.92. The van der Waals surface area contributed by atoms with Gasteiger partial charge in [0, 0.05) is 6.42 Å². The molecule has 1 aromatic carbocycles. The van der Waals surface area contributed by atoms with Crippen molar-refractivity contribution in [2.75, 3.05) is 0 Å². The van der Waals surface area contributed by atoms with Crippen LogP contribution in [0.3, 0.4) is 0 Å². The summed E-state index contributed by atoms with van der Waals surface area (Å²) in [4.78, 5) is 15.7. The molecule has 1 aromatic heterocycles. The number of ketones is 1. The average molecular weight is 202 g/mol. The van der Waals surface area contributed by atoms with Crippen molar-refractivity contribution in [3.8, 4) is 0 Å². The van der Waals surface area contributed by atoms with Crippen molar-refractivity contribution in [2.45, 2.75) is 19.3 Å². The van der Waals surface area contributed by atoms with Crippen molar-refractivity contribution in [3.63, 3.8) is 0 Å². The maximum atomic E-state index is 11.6. The lowest BCUT2D eigenvalue weighted by Crippen LogP contribution is -1.98. The van der Waals surface area contributed by atoms with E-state index in [4.69, 9.17) is 4.42 Å². The Balaban J connectivity index is 2.25. The third kappa shape index (κ3) is 2.06. The number of fused-ring (bicyclic) bond motifs is 1. The number of nitrogens with zero attached hydrogens (tertiary/aromatic N) is 1. The van der Waals surface area contributed by atoms with Gasteiger partial charge in [0.05, 0.1) is 0 Å². The molecule has 2 aromatic rings. The first-order valence-electron chi connectivity index (χ1n) is 4.99. The number of oxazole rings is 1. The van der Waals surface area contributed by atoms with E-state index in [0.717, 1.165) is 18.4 Å². The molecule has 0 spiro atoms. The van der Waals surface area contributed by atoms with Gasteiger partial charge in [0.25, 0.3) is 5.89 Å². The number of hydrogen-bond acceptors (Lipinski definition) is 3. The largest absolute Gasteiger partial charge is 0.434 e. The van der Waals surface area contributed by atoms with E-state index in [1.165, 1.54) is 0 Å². The number of carbonyl (C=O) groups is 1. The van der Waals surface area contributed by atoms with Crippen LogP contribution in [0, 0.1) is 6.92 Å². The van der Waals surface area contributed by atoms with Gasteiger partial charge in [-0.2, -0.15) is 0 Å². The molecule has 0 bridgehead atoms. The van der Waals surface area contributed by atoms with Gasteiger partial charge in [0.1, 0.15) is 5.52 Å². The molecular formula is C12H12NO2. The predicted octanol–water partition coefficient (Wildman–Crippen LogP) is 3.01. The predicted molar refractivity (Wildman–Crippen MR) is 57.5 cm³/mol. The van der Waals surface area contributed by atoms with Crippen molar-refractivity contribution in [1.29, 1.82) is 0 Å². The summed E-state index contributed by atoms with van der Waals surface area (Å²) >= 11 is 0. The Morgan fingerprint density at radius 3 is 2.93 bits per heavy atom. The first kappa shape index (κ1) is 9.90. The number of para-hydroxylation sites is 2. The van der Waals surface area contributed by atoms with Crippen LogP contribution in [0.4, 0.5) is 0 Å². The second-order valence-corrected chi connectivity index (χ2v) is 3.37. The van der Waals surface area contributed by atoms with Crippen LogP contribution in [0.15, 0.2) is 28.7 Å². The molecule has 0 N–H and O–H groups in total. The van der Waals surface area contributed by atoms with Gasteiger partial charge in [0.15, 0.2) is 5.58 Å². The Bertz CT molecular complexity index is 440. The Kier molecular flexibility index (Phi) is 2.81. The van der Waals surface area contributed by atoms with Crippen molar-refractivity contribution in [1.82, 2.24) is 4.98 Å². The Morgan fingerprint density at radius 1 is 1.40 bits per heavy atom. The van der Waals surface area contributed by atoms with Gasteiger partial charge in [-0.1, -0.05) is 25.5 Å². The minimum Gasteiger partial charge on any atom is -0.434 e. The van der Waals surface area contributed by atoms with E-state index in [1.807, 2.05) is 18.2 Å². The van der Waals surface area contributed by atoms with E-state index in [0.29, 0.717) is 12.0 Å². The van der Waals surface area contributed by atoms with Crippen molar-refractivity contribution in [3.05, 3.63) is 37.1 Å². The molecule has 0 saturated heterocycles. The summed E-state index contributed by atoms with van der Waals surface area (Å²) < 4.78 is 5.35. The maximum absolute atomic E-state index is 11.6. The molecule has 0 atom stereocenters. The summed E-state index contributed by atoms with van der Waals surface area (Å²) in [6.45, 7) is 3.69. The van der Waals surface area contributed by atoms with Crippen LogP contribution in [0.1, 0.15) is 29.9 Å². The molecule has 0 aliphatic carbocycles. The maximum Gasteiger partial charge on any atom is 0.264 e. The smallest absolute Gasteiger partial charge is 0.264 e. The molecule has 0 fully saturated rings. The molecule has 3 nitrogen and oxygen atoms in total. The summed E-state index contributed by atoms with van der Waals surface area (Å²) in [6.07, 6.45) is 1.99. The number of hydrogen-bond donors (Lipinski definition) is 0. The molecule has 2 rings (SSSR count). The monoisotopic (exact) mass is 202 g/mol. The average Bonchev–Trinajstić information content (AvgIpc) is 2.69. The highest BCUT2D eigenvalue weighted by atomic mass is 16.4. The van der Waals surface area contributed by atoms with Gasteiger partial charge < -0.3 is 4.42 Å². The highest BCUT2D eigenvalue weighted by molar-refractivity contribution is 5.94. The molecule has 0 aliphatic heterocycles. The summed E-state index contributed by atoms with van der Waals surface area (Å²) in [6, 6.07) is 7.37. The molecule has 0 amide bonds. The van der Waals surface area contributed by atoms with E-state index in [9.17, 15) is 4.79 Å². The molecule has 0 aliphatic rings. The normalized spacial score (nSPS) is 10.7. The van der Waals surface area contributed by atoms with E-state index < -0.39 is 0 Å². The Labute approximate surface area is 88.1 Å². The summed E-state index contributed by atoms with van der Waals surface area (Å²) in [7, 11) is 0. The molecule has 77 valence electrons. The minimum absolute atomic E-state index is 0.0464. The van der Waals surface area contributed by atoms with Crippen molar-refractivity contribution >= 4 is 16.9 Å². The van der Waals surface area contributed by atoms with Crippen LogP contribution >= 0.6 is 0 Å². The van der Waals surface area contributed by atoms with E-state index in [2.05, 4.69) is 11.9 Å². The minimum atomic E-state index is -0.0464. The molecule has 0 saturated carbocycles. The number of rotatable bonds is 4. The van der Waals surface area contributed by atoms with Gasteiger partial charge in [-0.25, -0.2) is 4.98 Å². The number of unbranched alkanes of at least 4 members (excludes halogenated alkanes) is 1. The van der Waals surface area contributed by atoms with Gasteiger partial charge in [-0.15, -0.1) is 0 Å². The van der Waals surface area contributed by atoms with Crippen molar-refractivity contribution in [2.24, 2.45) is 0 Å². The second-order valence-electron chi connectivity index (χ2n) is 3.37. The van der Waals surface area contributed by atoms with E-state index in [-0.39, 0.29) is 11.7 Å². The molecule has 1 heterocycles. The van der Waals surface area contributed by atoms with Crippen LogP contribution in [-0.4, -0.2) is 10.8 Å². The summed E-state index contributed by atoms with van der Waals surface area (Å²) in [5, 5.41) is 0. The first-order chi connectivity index (χ1) is 7.31. The zero-order valence-electron chi connectivity index (χ0n) is 8.40. The van der Waals surface area contributed by atoms with Crippen LogP contribution in [0.5, 0.6) is 0 Å². The molecule has 0 unspecified atom stereocenters. The highest BCUT2D eigenvalue weighted by Crippen LogP contribution is 2.16. The van der Waals surface area contributed by atoms with Crippen molar-refractivity contribution < 1.29 is 9.21 Å². The fourth-order valence-electron chi connectivity index (χ4n) is 1.38. The highest BCUT2D eigenvalue weighted by Gasteiger charge is 2.12. The third-order valence-electron chi connectivity index (χ3n) is 2.19. The van der Waals surface area contributed by atoms with Gasteiger partial charge in [-0.3, -0.25) is 4.79 Å². The SMILES string of the molecule is [CH2]CCCC(=O)c1nc2ccccc2o1.